The van der Waals surface area contributed by atoms with Crippen LogP contribution < -0.4 is 0 Å². The van der Waals surface area contributed by atoms with E-state index in [-0.39, 0.29) is 11.6 Å². The molecule has 2 aliphatic carbocycles. The van der Waals surface area contributed by atoms with Crippen LogP contribution in [0.1, 0.15) is 133 Å². The molecule has 1 fully saturated rings. The molecule has 0 atom stereocenters. The van der Waals surface area contributed by atoms with Gasteiger partial charge in [-0.05, 0) is 109 Å². The zero-order valence-electron chi connectivity index (χ0n) is 30.7. The summed E-state index contributed by atoms with van der Waals surface area (Å²) in [7, 11) is 0. The third-order valence-electron chi connectivity index (χ3n) is 11.1. The Morgan fingerprint density at radius 3 is 1.58 bits per heavy atom. The van der Waals surface area contributed by atoms with E-state index in [1.807, 2.05) is 24.3 Å². The second-order valence-corrected chi connectivity index (χ2v) is 16.9. The Hall–Kier alpha value is -3.86. The molecule has 0 spiro atoms. The minimum absolute atomic E-state index is 0.0786. The summed E-state index contributed by atoms with van der Waals surface area (Å²) in [6.45, 7) is 4.52. The number of benzene rings is 5. The number of hydrogen-bond acceptors (Lipinski definition) is 4. The highest BCUT2D eigenvalue weighted by Gasteiger charge is 2.34. The van der Waals surface area contributed by atoms with Crippen LogP contribution in [0, 0.1) is 5.92 Å². The van der Waals surface area contributed by atoms with Gasteiger partial charge in [-0.15, -0.1) is 0 Å². The maximum atomic E-state index is 14.1. The quantitative estimate of drug-likeness (QED) is 0.105. The van der Waals surface area contributed by atoms with Gasteiger partial charge in [0, 0.05) is 41.8 Å². The summed E-state index contributed by atoms with van der Waals surface area (Å²) in [4.78, 5) is 31.9. The predicted molar refractivity (Wildman–Crippen MR) is 218 cm³/mol. The SMILES string of the molecule is CCCCCc1ccc(Sc2cccc3c2C(=O)c2cccc(Sc4ccc(-c5ccc(C6CCC(CCCCC)CC6)cc5)cc4)c2C3=O)cc1. The summed E-state index contributed by atoms with van der Waals surface area (Å²) < 4.78 is 0. The molecular weight excluding hydrogens is 673 g/mol. The number of carbonyl (C=O) groups is 2. The summed E-state index contributed by atoms with van der Waals surface area (Å²) in [5.74, 6) is 1.46. The Morgan fingerprint density at radius 2 is 1.04 bits per heavy atom. The van der Waals surface area contributed by atoms with Crippen molar-refractivity contribution in [1.29, 1.82) is 0 Å². The highest BCUT2D eigenvalue weighted by atomic mass is 32.2. The number of aryl methyl sites for hydroxylation is 1. The van der Waals surface area contributed by atoms with Crippen molar-refractivity contribution in [3.05, 3.63) is 143 Å². The second kappa shape index (κ2) is 17.3. The zero-order valence-corrected chi connectivity index (χ0v) is 32.3. The maximum absolute atomic E-state index is 14.1. The first-order valence-corrected chi connectivity index (χ1v) is 21.2. The molecule has 0 amide bonds. The Bertz CT molecular complexity index is 1980. The first-order valence-electron chi connectivity index (χ1n) is 19.5. The van der Waals surface area contributed by atoms with E-state index in [2.05, 4.69) is 86.6 Å². The first-order chi connectivity index (χ1) is 25.5. The molecule has 0 N–H and O–H groups in total. The van der Waals surface area contributed by atoms with Crippen LogP contribution in [-0.4, -0.2) is 11.6 Å². The van der Waals surface area contributed by atoms with E-state index in [1.165, 1.54) is 92.9 Å². The normalized spacial score (nSPS) is 16.8. The predicted octanol–water partition coefficient (Wildman–Crippen LogP) is 14.0. The third kappa shape index (κ3) is 8.35. The molecule has 5 aromatic carbocycles. The van der Waals surface area contributed by atoms with Crippen LogP contribution in [0.2, 0.25) is 0 Å². The topological polar surface area (TPSA) is 34.1 Å². The van der Waals surface area contributed by atoms with E-state index in [9.17, 15) is 9.59 Å². The third-order valence-corrected chi connectivity index (χ3v) is 13.2. The molecule has 1 saturated carbocycles. The monoisotopic (exact) mass is 722 g/mol. The molecular formula is C48H50O2S2. The largest absolute Gasteiger partial charge is 0.289 e. The number of unbranched alkanes of at least 4 members (excludes halogenated alkanes) is 4. The smallest absolute Gasteiger partial charge is 0.195 e. The average Bonchev–Trinajstić information content (AvgIpc) is 3.18. The fourth-order valence-corrected chi connectivity index (χ4v) is 9.99. The molecule has 0 aliphatic heterocycles. The van der Waals surface area contributed by atoms with E-state index in [1.54, 1.807) is 35.7 Å². The molecule has 52 heavy (non-hydrogen) atoms. The molecule has 0 bridgehead atoms. The summed E-state index contributed by atoms with van der Waals surface area (Å²) in [5.41, 5.74) is 7.23. The number of carbonyl (C=O) groups excluding carboxylic acids is 2. The molecule has 0 aromatic heterocycles. The Morgan fingerprint density at radius 1 is 0.538 bits per heavy atom. The highest BCUT2D eigenvalue weighted by molar-refractivity contribution is 7.99. The Labute approximate surface area is 319 Å². The van der Waals surface area contributed by atoms with Crippen molar-refractivity contribution in [2.24, 2.45) is 5.92 Å². The zero-order chi connectivity index (χ0) is 35.9. The lowest BCUT2D eigenvalue weighted by Gasteiger charge is -2.29. The van der Waals surface area contributed by atoms with Crippen molar-refractivity contribution in [1.82, 2.24) is 0 Å². The van der Waals surface area contributed by atoms with Crippen molar-refractivity contribution >= 4 is 35.1 Å². The van der Waals surface area contributed by atoms with Crippen LogP contribution in [0.5, 0.6) is 0 Å². The number of fused-ring (bicyclic) bond motifs is 2. The lowest BCUT2D eigenvalue weighted by molar-refractivity contribution is 0.0974. The van der Waals surface area contributed by atoms with Gasteiger partial charge in [0.05, 0.1) is 0 Å². The van der Waals surface area contributed by atoms with Gasteiger partial charge in [-0.2, -0.15) is 0 Å². The van der Waals surface area contributed by atoms with Gasteiger partial charge in [0.2, 0.25) is 0 Å². The first kappa shape index (κ1) is 36.5. The van der Waals surface area contributed by atoms with Crippen molar-refractivity contribution in [3.63, 3.8) is 0 Å². The summed E-state index contributed by atoms with van der Waals surface area (Å²) in [5, 5.41) is 0. The van der Waals surface area contributed by atoms with Gasteiger partial charge in [0.25, 0.3) is 0 Å². The van der Waals surface area contributed by atoms with Gasteiger partial charge in [-0.25, -0.2) is 0 Å². The minimum Gasteiger partial charge on any atom is -0.289 e. The van der Waals surface area contributed by atoms with Crippen molar-refractivity contribution < 1.29 is 9.59 Å². The van der Waals surface area contributed by atoms with Crippen molar-refractivity contribution in [2.75, 3.05) is 0 Å². The van der Waals surface area contributed by atoms with Crippen LogP contribution in [0.25, 0.3) is 11.1 Å². The summed E-state index contributed by atoms with van der Waals surface area (Å²) >= 11 is 3.11. The van der Waals surface area contributed by atoms with Crippen LogP contribution in [0.15, 0.2) is 129 Å². The molecule has 7 rings (SSSR count). The molecule has 4 heteroatoms. The molecule has 0 radical (unpaired) electrons. The summed E-state index contributed by atoms with van der Waals surface area (Å²) in [6.07, 6.45) is 15.6. The van der Waals surface area contributed by atoms with Gasteiger partial charge in [-0.1, -0.05) is 149 Å². The fourth-order valence-electron chi connectivity index (χ4n) is 8.04. The molecule has 266 valence electrons. The molecule has 0 unspecified atom stereocenters. The molecule has 2 nitrogen and oxygen atoms in total. The number of ketones is 2. The van der Waals surface area contributed by atoms with Crippen LogP contribution in [0.4, 0.5) is 0 Å². The summed E-state index contributed by atoms with van der Waals surface area (Å²) in [6, 6.07) is 37.8. The van der Waals surface area contributed by atoms with E-state index in [0.29, 0.717) is 28.2 Å². The Balaban J connectivity index is 1.02. The number of rotatable bonds is 14. The fraction of sp³-hybridized carbons (Fsp3) is 0.333. The van der Waals surface area contributed by atoms with Gasteiger partial charge in [0.15, 0.2) is 11.6 Å². The van der Waals surface area contributed by atoms with E-state index in [4.69, 9.17) is 0 Å². The van der Waals surface area contributed by atoms with Crippen LogP contribution in [-0.2, 0) is 6.42 Å². The van der Waals surface area contributed by atoms with E-state index >= 15 is 0 Å². The standard InChI is InChI=1S/C48H50O2S2/c1-3-5-7-11-33-17-21-35(22-18-33)36-23-25-37(26-24-36)38-27-31-40(32-28-38)52-44-16-10-14-42-46(44)48(50)41-13-9-15-43(45(41)47(42)49)51-39-29-19-34(20-30-39)12-8-6-4-2/h9-10,13-16,19-20,23-33,35H,3-8,11-12,17-18,21-22H2,1-2H3. The van der Waals surface area contributed by atoms with Crippen LogP contribution in [0.3, 0.4) is 0 Å². The van der Waals surface area contributed by atoms with Gasteiger partial charge in [-0.3, -0.25) is 9.59 Å². The van der Waals surface area contributed by atoms with Crippen molar-refractivity contribution in [3.8, 4) is 11.1 Å². The lowest BCUT2D eigenvalue weighted by atomic mass is 9.77. The Kier molecular flexibility index (Phi) is 12.1. The average molecular weight is 723 g/mol. The number of hydrogen-bond donors (Lipinski definition) is 0. The van der Waals surface area contributed by atoms with Crippen LogP contribution >= 0.6 is 23.5 Å². The second-order valence-electron chi connectivity index (χ2n) is 14.7. The van der Waals surface area contributed by atoms with Gasteiger partial charge >= 0.3 is 0 Å². The molecule has 0 saturated heterocycles. The highest BCUT2D eigenvalue weighted by Crippen LogP contribution is 2.42. The molecule has 0 heterocycles. The minimum atomic E-state index is -0.0805. The van der Waals surface area contributed by atoms with E-state index < -0.39 is 0 Å². The molecule has 2 aliphatic rings. The van der Waals surface area contributed by atoms with Gasteiger partial charge in [0.1, 0.15) is 0 Å². The lowest BCUT2D eigenvalue weighted by Crippen LogP contribution is -2.22. The van der Waals surface area contributed by atoms with E-state index in [0.717, 1.165) is 31.9 Å². The molecule has 5 aromatic rings. The maximum Gasteiger partial charge on any atom is 0.195 e. The van der Waals surface area contributed by atoms with Crippen molar-refractivity contribution in [2.45, 2.75) is 116 Å². The van der Waals surface area contributed by atoms with Gasteiger partial charge < -0.3 is 0 Å².